The predicted molar refractivity (Wildman–Crippen MR) is 102 cm³/mol. The minimum absolute atomic E-state index is 0.142. The van der Waals surface area contributed by atoms with Crippen molar-refractivity contribution in [2.45, 2.75) is 0 Å². The van der Waals surface area contributed by atoms with E-state index in [-0.39, 0.29) is 5.91 Å². The highest BCUT2D eigenvalue weighted by Crippen LogP contribution is 2.36. The monoisotopic (exact) mass is 346 g/mol. The van der Waals surface area contributed by atoms with Crippen molar-refractivity contribution < 1.29 is 14.7 Å². The average Bonchev–Trinajstić information content (AvgIpc) is 2.97. The Bertz CT molecular complexity index is 959. The number of anilines is 2. The van der Waals surface area contributed by atoms with E-state index in [1.165, 1.54) is 10.7 Å². The molecule has 2 aliphatic rings. The molecule has 0 unspecified atom stereocenters. The molecule has 26 heavy (non-hydrogen) atoms. The summed E-state index contributed by atoms with van der Waals surface area (Å²) in [7, 11) is 0. The zero-order valence-corrected chi connectivity index (χ0v) is 14.6. The first-order valence-electron chi connectivity index (χ1n) is 9.20. The molecule has 2 N–H and O–H groups in total. The van der Waals surface area contributed by atoms with E-state index in [4.69, 9.17) is 0 Å². The van der Waals surface area contributed by atoms with E-state index in [2.05, 4.69) is 40.2 Å². The molecule has 1 amide bonds. The van der Waals surface area contributed by atoms with Crippen LogP contribution in [0.3, 0.4) is 0 Å². The lowest BCUT2D eigenvalue weighted by molar-refractivity contribution is -0.899. The van der Waals surface area contributed by atoms with Gasteiger partial charge in [-0.3, -0.25) is 14.6 Å². The van der Waals surface area contributed by atoms with Crippen LogP contribution in [0.25, 0.3) is 10.8 Å². The van der Waals surface area contributed by atoms with E-state index in [0.29, 0.717) is 0 Å². The van der Waals surface area contributed by atoms with Crippen LogP contribution in [-0.2, 0) is 0 Å². The minimum atomic E-state index is 0.142. The first-order valence-corrected chi connectivity index (χ1v) is 9.20. The summed E-state index contributed by atoms with van der Waals surface area (Å²) in [6, 6.07) is 18.4. The third-order valence-electron chi connectivity index (χ3n) is 5.53. The molecule has 0 radical (unpaired) electrons. The Morgan fingerprint density at radius 3 is 2.54 bits per heavy atom. The summed E-state index contributed by atoms with van der Waals surface area (Å²) in [4.78, 5) is 22.0. The van der Waals surface area contributed by atoms with Gasteiger partial charge in [-0.25, -0.2) is 4.98 Å². The number of rotatable bonds is 3. The second-order valence-electron chi connectivity index (χ2n) is 7.06. The molecule has 3 heterocycles. The van der Waals surface area contributed by atoms with Gasteiger partial charge in [-0.1, -0.05) is 30.3 Å². The van der Waals surface area contributed by atoms with Crippen LogP contribution in [0.1, 0.15) is 10.4 Å². The first-order chi connectivity index (χ1) is 12.8. The van der Waals surface area contributed by atoms with E-state index in [0.717, 1.165) is 54.9 Å². The molecule has 5 heteroatoms. The van der Waals surface area contributed by atoms with Gasteiger partial charge < -0.3 is 4.90 Å². The molecule has 0 aliphatic carbocycles. The van der Waals surface area contributed by atoms with Gasteiger partial charge in [0.2, 0.25) is 0 Å². The van der Waals surface area contributed by atoms with E-state index < -0.39 is 0 Å². The van der Waals surface area contributed by atoms with Gasteiger partial charge in [0, 0.05) is 11.5 Å². The average molecular weight is 346 g/mol. The van der Waals surface area contributed by atoms with Crippen LogP contribution in [0.2, 0.25) is 0 Å². The Morgan fingerprint density at radius 1 is 0.962 bits per heavy atom. The molecular formula is C21H22N4O+2. The van der Waals surface area contributed by atoms with Crippen molar-refractivity contribution in [3.63, 3.8) is 0 Å². The standard InChI is InChI=1S/C21H20N4O/c26-21-17-7-3-5-16-6-4-8-18(20(16)17)25(21)15-23-11-13-24(14-12-23)19-9-1-2-10-22-19/h1-10H,11-15H2/p+2. The molecule has 5 rings (SSSR count). The van der Waals surface area contributed by atoms with E-state index >= 15 is 0 Å². The van der Waals surface area contributed by atoms with E-state index in [1.807, 2.05) is 35.4 Å². The van der Waals surface area contributed by atoms with Crippen molar-refractivity contribution >= 4 is 28.2 Å². The maximum absolute atomic E-state index is 12.9. The minimum Gasteiger partial charge on any atom is -0.311 e. The number of aromatic nitrogens is 1. The fourth-order valence-corrected chi connectivity index (χ4v) is 4.16. The number of pyridine rings is 1. The summed E-state index contributed by atoms with van der Waals surface area (Å²) in [6.45, 7) is 4.78. The van der Waals surface area contributed by atoms with Gasteiger partial charge >= 0.3 is 0 Å². The number of nitrogens with zero attached hydrogens (tertiary/aromatic N) is 2. The highest BCUT2D eigenvalue weighted by Gasteiger charge is 2.34. The van der Waals surface area contributed by atoms with Crippen molar-refractivity contribution in [2.75, 3.05) is 42.6 Å². The molecule has 1 saturated heterocycles. The summed E-state index contributed by atoms with van der Waals surface area (Å²) < 4.78 is 0. The maximum atomic E-state index is 12.9. The molecular weight excluding hydrogens is 324 g/mol. The Hall–Kier alpha value is -2.92. The van der Waals surface area contributed by atoms with Crippen LogP contribution in [0.4, 0.5) is 11.5 Å². The summed E-state index contributed by atoms with van der Waals surface area (Å²) in [5.41, 5.74) is 1.91. The van der Waals surface area contributed by atoms with Gasteiger partial charge in [0.05, 0.1) is 17.4 Å². The largest absolute Gasteiger partial charge is 0.311 e. The van der Waals surface area contributed by atoms with Crippen LogP contribution in [0.5, 0.6) is 0 Å². The van der Waals surface area contributed by atoms with Crippen molar-refractivity contribution in [3.05, 3.63) is 66.4 Å². The second-order valence-corrected chi connectivity index (χ2v) is 7.06. The van der Waals surface area contributed by atoms with Crippen LogP contribution < -0.4 is 19.7 Å². The van der Waals surface area contributed by atoms with Gasteiger partial charge in [0.1, 0.15) is 26.2 Å². The summed E-state index contributed by atoms with van der Waals surface area (Å²) in [5.74, 6) is 1.31. The lowest BCUT2D eigenvalue weighted by Crippen LogP contribution is -3.16. The SMILES string of the molecule is O=C1c2cccc3cccc(c23)N1C[NH+]1CCN(c2cccc[nH+]2)CC1. The molecule has 2 aliphatic heterocycles. The van der Waals surface area contributed by atoms with Crippen molar-refractivity contribution in [1.29, 1.82) is 0 Å². The highest BCUT2D eigenvalue weighted by atomic mass is 16.2. The van der Waals surface area contributed by atoms with Gasteiger partial charge in [-0.2, -0.15) is 0 Å². The first kappa shape index (κ1) is 15.3. The number of hydrogen-bond donors (Lipinski definition) is 1. The Balaban J connectivity index is 1.33. The fourth-order valence-electron chi connectivity index (χ4n) is 4.16. The number of hydrogen-bond acceptors (Lipinski definition) is 2. The van der Waals surface area contributed by atoms with Gasteiger partial charge in [-0.15, -0.1) is 0 Å². The molecule has 1 aromatic heterocycles. The molecule has 0 bridgehead atoms. The van der Waals surface area contributed by atoms with Crippen LogP contribution in [0, 0.1) is 0 Å². The Labute approximate surface area is 152 Å². The maximum Gasteiger partial charge on any atom is 0.274 e. The number of benzene rings is 2. The van der Waals surface area contributed by atoms with Crippen LogP contribution in [0.15, 0.2) is 60.8 Å². The summed E-state index contributed by atoms with van der Waals surface area (Å²) in [5, 5.41) is 2.26. The quantitative estimate of drug-likeness (QED) is 0.768. The molecule has 130 valence electrons. The second kappa shape index (κ2) is 6.11. The molecule has 0 atom stereocenters. The topological polar surface area (TPSA) is 42.1 Å². The zero-order valence-electron chi connectivity index (χ0n) is 14.6. The number of H-pyrrole nitrogens is 1. The highest BCUT2D eigenvalue weighted by molar-refractivity contribution is 6.24. The normalized spacial score (nSPS) is 17.3. The number of amides is 1. The number of carbonyl (C=O) groups excluding carboxylic acids is 1. The molecule has 2 aromatic carbocycles. The Kier molecular flexibility index (Phi) is 3.60. The molecule has 0 spiro atoms. The lowest BCUT2D eigenvalue weighted by Gasteiger charge is -2.31. The fraction of sp³-hybridized carbons (Fsp3) is 0.238. The van der Waals surface area contributed by atoms with Crippen molar-refractivity contribution in [2.24, 2.45) is 0 Å². The zero-order chi connectivity index (χ0) is 17.5. The van der Waals surface area contributed by atoms with Gasteiger partial charge in [-0.05, 0) is 23.6 Å². The summed E-state index contributed by atoms with van der Waals surface area (Å²) in [6.07, 6.45) is 1.97. The molecule has 1 fully saturated rings. The van der Waals surface area contributed by atoms with E-state index in [9.17, 15) is 4.79 Å². The van der Waals surface area contributed by atoms with Crippen molar-refractivity contribution in [1.82, 2.24) is 0 Å². The number of aromatic amines is 1. The summed E-state index contributed by atoms with van der Waals surface area (Å²) >= 11 is 0. The van der Waals surface area contributed by atoms with Gasteiger partial charge in [0.25, 0.3) is 11.7 Å². The van der Waals surface area contributed by atoms with E-state index in [1.54, 1.807) is 0 Å². The molecule has 3 aromatic rings. The number of quaternary nitrogens is 1. The molecule has 5 nitrogen and oxygen atoms in total. The lowest BCUT2D eigenvalue weighted by atomic mass is 10.1. The van der Waals surface area contributed by atoms with Crippen molar-refractivity contribution in [3.8, 4) is 0 Å². The number of piperazine rings is 1. The smallest absolute Gasteiger partial charge is 0.274 e. The third-order valence-corrected chi connectivity index (χ3v) is 5.53. The Morgan fingerprint density at radius 2 is 1.77 bits per heavy atom. The van der Waals surface area contributed by atoms with Gasteiger partial charge in [0.15, 0.2) is 6.67 Å². The third kappa shape index (κ3) is 2.44. The van der Waals surface area contributed by atoms with Crippen LogP contribution in [-0.4, -0.2) is 38.8 Å². The van der Waals surface area contributed by atoms with Crippen LogP contribution >= 0.6 is 0 Å². The number of carbonyl (C=O) groups is 1. The predicted octanol–water partition coefficient (Wildman–Crippen LogP) is 0.977. The number of nitrogens with one attached hydrogen (secondary N) is 2. The molecule has 0 saturated carbocycles.